The lowest BCUT2D eigenvalue weighted by Gasteiger charge is -2.29. The molecule has 0 aromatic heterocycles. The van der Waals surface area contributed by atoms with Crippen LogP contribution in [0.3, 0.4) is 0 Å². The summed E-state index contributed by atoms with van der Waals surface area (Å²) in [5.74, 6) is -0.643. The largest absolute Gasteiger partial charge is 0.378 e. The smallest absolute Gasteiger partial charge is 0.251 e. The van der Waals surface area contributed by atoms with E-state index in [1.165, 1.54) is 0 Å². The summed E-state index contributed by atoms with van der Waals surface area (Å²) in [6.07, 6.45) is 1.24. The lowest BCUT2D eigenvalue weighted by molar-refractivity contribution is -0.138. The summed E-state index contributed by atoms with van der Waals surface area (Å²) in [4.78, 5) is 58.0. The summed E-state index contributed by atoms with van der Waals surface area (Å²) >= 11 is 0. The molecular weight excluding hydrogens is 468 g/mol. The molecule has 2 aromatic rings. The Labute approximate surface area is 218 Å². The molecule has 2 heterocycles. The van der Waals surface area contributed by atoms with Gasteiger partial charge in [-0.25, -0.2) is 0 Å². The molecule has 0 aliphatic carbocycles. The fourth-order valence-corrected chi connectivity index (χ4v) is 5.31. The average molecular weight is 505 g/mol. The Hall–Kier alpha value is -3.68. The van der Waals surface area contributed by atoms with Crippen molar-refractivity contribution >= 4 is 29.2 Å². The third kappa shape index (κ3) is 5.84. The summed E-state index contributed by atoms with van der Waals surface area (Å²) in [5.41, 5.74) is 2.34. The molecule has 8 heteroatoms. The predicted octanol–water partition coefficient (Wildman–Crippen LogP) is 2.52. The maximum Gasteiger partial charge on any atom is 0.251 e. The monoisotopic (exact) mass is 504 g/mol. The summed E-state index contributed by atoms with van der Waals surface area (Å²) in [5, 5.41) is 2.92. The molecule has 8 nitrogen and oxygen atoms in total. The number of nitrogens with zero attached hydrogens (tertiary/aromatic N) is 3. The van der Waals surface area contributed by atoms with Crippen molar-refractivity contribution < 1.29 is 19.2 Å². The number of nitrogens with one attached hydrogen (secondary N) is 1. The number of hydrogen-bond donors (Lipinski definition) is 1. The number of Topliss-reactive ketones (excluding diaryl/α,β-unsaturated/α-hetero) is 1. The van der Waals surface area contributed by atoms with Crippen molar-refractivity contribution in [3.8, 4) is 0 Å². The quantitative estimate of drug-likeness (QED) is 0.597. The van der Waals surface area contributed by atoms with E-state index in [4.69, 9.17) is 0 Å². The van der Waals surface area contributed by atoms with Gasteiger partial charge >= 0.3 is 0 Å². The van der Waals surface area contributed by atoms with Crippen molar-refractivity contribution in [1.82, 2.24) is 15.1 Å². The number of hydrogen-bond acceptors (Lipinski definition) is 5. The third-order valence-corrected chi connectivity index (χ3v) is 7.18. The molecule has 37 heavy (non-hydrogen) atoms. The third-order valence-electron chi connectivity index (χ3n) is 7.18. The minimum Gasteiger partial charge on any atom is -0.378 e. The molecule has 3 unspecified atom stereocenters. The minimum atomic E-state index is -0.748. The number of carbonyl (C=O) groups is 4. The van der Waals surface area contributed by atoms with Crippen LogP contribution >= 0.6 is 0 Å². The van der Waals surface area contributed by atoms with E-state index >= 15 is 0 Å². The fourth-order valence-electron chi connectivity index (χ4n) is 5.31. The first-order chi connectivity index (χ1) is 17.7. The Morgan fingerprint density at radius 2 is 1.68 bits per heavy atom. The van der Waals surface area contributed by atoms with Crippen LogP contribution in [0.4, 0.5) is 5.69 Å². The first-order valence-electron chi connectivity index (χ1n) is 12.9. The van der Waals surface area contributed by atoms with E-state index in [2.05, 4.69) is 5.32 Å². The molecular formula is C29H36N4O4. The van der Waals surface area contributed by atoms with Crippen molar-refractivity contribution in [2.24, 2.45) is 5.92 Å². The minimum absolute atomic E-state index is 0.0181. The van der Waals surface area contributed by atoms with Crippen molar-refractivity contribution in [3.63, 3.8) is 0 Å². The molecule has 3 atom stereocenters. The van der Waals surface area contributed by atoms with Gasteiger partial charge in [0.15, 0.2) is 5.78 Å². The van der Waals surface area contributed by atoms with Gasteiger partial charge in [-0.15, -0.1) is 0 Å². The van der Waals surface area contributed by atoms with Crippen LogP contribution in [0.25, 0.3) is 0 Å². The van der Waals surface area contributed by atoms with Gasteiger partial charge in [0, 0.05) is 31.9 Å². The number of amides is 3. The van der Waals surface area contributed by atoms with Crippen LogP contribution in [0.2, 0.25) is 0 Å². The Morgan fingerprint density at radius 1 is 1.00 bits per heavy atom. The van der Waals surface area contributed by atoms with Crippen LogP contribution in [0.1, 0.15) is 42.6 Å². The Bertz CT molecular complexity index is 1150. The molecule has 0 spiro atoms. The molecule has 196 valence electrons. The fraction of sp³-hybridized carbons (Fsp3) is 0.448. The number of ketones is 1. The maximum absolute atomic E-state index is 13.7. The van der Waals surface area contributed by atoms with Gasteiger partial charge in [0.25, 0.3) is 5.91 Å². The first-order valence-corrected chi connectivity index (χ1v) is 12.9. The highest BCUT2D eigenvalue weighted by atomic mass is 16.2. The van der Waals surface area contributed by atoms with E-state index in [0.717, 1.165) is 11.3 Å². The van der Waals surface area contributed by atoms with Gasteiger partial charge in [0.1, 0.15) is 12.1 Å². The molecule has 0 bridgehead atoms. The Morgan fingerprint density at radius 3 is 2.30 bits per heavy atom. The maximum atomic E-state index is 13.7. The van der Waals surface area contributed by atoms with Crippen LogP contribution in [0.5, 0.6) is 0 Å². The second kappa shape index (κ2) is 11.2. The molecule has 2 fully saturated rings. The molecule has 0 saturated carbocycles. The predicted molar refractivity (Wildman–Crippen MR) is 142 cm³/mol. The van der Waals surface area contributed by atoms with E-state index in [-0.39, 0.29) is 48.4 Å². The van der Waals surface area contributed by atoms with Gasteiger partial charge in [-0.05, 0) is 48.6 Å². The molecule has 2 saturated heterocycles. The van der Waals surface area contributed by atoms with Gasteiger partial charge in [-0.2, -0.15) is 0 Å². The summed E-state index contributed by atoms with van der Waals surface area (Å²) in [7, 11) is 3.85. The highest BCUT2D eigenvalue weighted by Gasteiger charge is 2.52. The van der Waals surface area contributed by atoms with Crippen LogP contribution < -0.4 is 10.2 Å². The van der Waals surface area contributed by atoms with Gasteiger partial charge in [0.05, 0.1) is 19.0 Å². The normalized spacial score (nSPS) is 19.6. The second-order valence-electron chi connectivity index (χ2n) is 10.6. The molecule has 3 amide bonds. The number of likely N-dealkylation sites (tertiary alicyclic amines) is 2. The number of anilines is 1. The Balaban J connectivity index is 1.46. The van der Waals surface area contributed by atoms with Crippen LogP contribution in [0.15, 0.2) is 54.6 Å². The van der Waals surface area contributed by atoms with Crippen molar-refractivity contribution in [1.29, 1.82) is 0 Å². The molecule has 1 N–H and O–H groups in total. The first kappa shape index (κ1) is 26.4. The molecule has 0 radical (unpaired) electrons. The SMILES string of the molecule is CC(C)CC(NC(=O)c1ccc(N(C)C)cc1)C(=O)N1CCC2C1C(=O)CN2C(=O)Cc1ccccc1. The van der Waals surface area contributed by atoms with Gasteiger partial charge < -0.3 is 20.0 Å². The van der Waals surface area contributed by atoms with Crippen LogP contribution in [-0.2, 0) is 20.8 Å². The molecule has 2 aliphatic rings. The summed E-state index contributed by atoms with van der Waals surface area (Å²) in [6, 6.07) is 14.9. The second-order valence-corrected chi connectivity index (χ2v) is 10.6. The van der Waals surface area contributed by atoms with Crippen molar-refractivity contribution in [2.75, 3.05) is 32.1 Å². The lowest BCUT2D eigenvalue weighted by Crippen LogP contribution is -2.53. The standard InChI is InChI=1S/C29H36N4O4/c1-19(2)16-23(30-28(36)21-10-12-22(13-11-21)31(3)4)29(37)32-15-14-24-27(32)25(34)18-33(24)26(35)17-20-8-6-5-7-9-20/h5-13,19,23-24,27H,14-18H2,1-4H3,(H,30,36). The molecule has 2 aromatic carbocycles. The topological polar surface area (TPSA) is 90.0 Å². The highest BCUT2D eigenvalue weighted by molar-refractivity contribution is 6.01. The number of fused-ring (bicyclic) bond motifs is 1. The lowest BCUT2D eigenvalue weighted by atomic mass is 10.0. The van der Waals surface area contributed by atoms with Crippen molar-refractivity contribution in [3.05, 3.63) is 65.7 Å². The molecule has 4 rings (SSSR count). The molecule has 2 aliphatic heterocycles. The van der Waals surface area contributed by atoms with E-state index in [1.807, 2.05) is 75.3 Å². The Kier molecular flexibility index (Phi) is 7.95. The van der Waals surface area contributed by atoms with Crippen LogP contribution in [-0.4, -0.2) is 78.6 Å². The summed E-state index contributed by atoms with van der Waals surface area (Å²) < 4.78 is 0. The van der Waals surface area contributed by atoms with Gasteiger partial charge in [0.2, 0.25) is 11.8 Å². The summed E-state index contributed by atoms with van der Waals surface area (Å²) in [6.45, 7) is 4.40. The van der Waals surface area contributed by atoms with Gasteiger partial charge in [-0.1, -0.05) is 44.2 Å². The van der Waals surface area contributed by atoms with Crippen LogP contribution in [0, 0.1) is 5.92 Å². The average Bonchev–Trinajstić information content (AvgIpc) is 3.45. The van der Waals surface area contributed by atoms with E-state index < -0.39 is 12.1 Å². The highest BCUT2D eigenvalue weighted by Crippen LogP contribution is 2.31. The zero-order valence-electron chi connectivity index (χ0n) is 22.0. The zero-order chi connectivity index (χ0) is 26.7. The zero-order valence-corrected chi connectivity index (χ0v) is 22.0. The van der Waals surface area contributed by atoms with Gasteiger partial charge in [-0.3, -0.25) is 19.2 Å². The van der Waals surface area contributed by atoms with E-state index in [0.29, 0.717) is 24.9 Å². The number of benzene rings is 2. The van der Waals surface area contributed by atoms with Crippen molar-refractivity contribution in [2.45, 2.75) is 51.2 Å². The van der Waals surface area contributed by atoms with E-state index in [1.54, 1.807) is 21.9 Å². The number of carbonyl (C=O) groups excluding carboxylic acids is 4. The van der Waals surface area contributed by atoms with E-state index in [9.17, 15) is 19.2 Å². The number of rotatable bonds is 8.